The maximum Gasteiger partial charge on any atom is 0.186 e. The molecule has 0 saturated carbocycles. The summed E-state index contributed by atoms with van der Waals surface area (Å²) in [6, 6.07) is 6.59. The average molecular weight is 234 g/mol. The predicted octanol–water partition coefficient (Wildman–Crippen LogP) is 1.44. The van der Waals surface area contributed by atoms with Crippen LogP contribution in [0.3, 0.4) is 0 Å². The number of hydrogen-bond donors (Lipinski definition) is 2. The zero-order valence-corrected chi connectivity index (χ0v) is 9.05. The average Bonchev–Trinajstić information content (AvgIpc) is 2.07. The van der Waals surface area contributed by atoms with Gasteiger partial charge in [-0.25, -0.2) is 8.42 Å². The first-order valence-corrected chi connectivity index (χ1v) is 6.12. The number of aryl methyl sites for hydroxylation is 1. The topological polar surface area (TPSA) is 74.6 Å². The predicted molar refractivity (Wildman–Crippen MR) is 55.5 cm³/mol. The number of rotatable bonds is 3. The molecular formula is C8H10O4S2. The smallest absolute Gasteiger partial charge is 0.186 e. The molecule has 0 amide bonds. The first-order valence-electron chi connectivity index (χ1n) is 3.78. The van der Waals surface area contributed by atoms with Gasteiger partial charge >= 0.3 is 0 Å². The standard InChI is InChI=1S/C8H10O4S2/c1-6-2-4-7(5-3-6)8(13(9)10)14(11)12/h2-5,8H,1H3,(H,9,10)(H,11,12). The van der Waals surface area contributed by atoms with Gasteiger partial charge in [-0.1, -0.05) is 29.8 Å². The highest BCUT2D eigenvalue weighted by atomic mass is 32.3. The lowest BCUT2D eigenvalue weighted by Gasteiger charge is -2.08. The molecule has 1 aromatic rings. The molecule has 1 rings (SSSR count). The first kappa shape index (κ1) is 11.5. The molecule has 0 aliphatic heterocycles. The SMILES string of the molecule is Cc1ccc(C(S(=O)O)S(=O)O)cc1. The van der Waals surface area contributed by atoms with Crippen molar-refractivity contribution < 1.29 is 17.5 Å². The lowest BCUT2D eigenvalue weighted by molar-refractivity contribution is 0.541. The Labute approximate surface area is 86.9 Å². The van der Waals surface area contributed by atoms with Crippen LogP contribution in [0.1, 0.15) is 15.7 Å². The van der Waals surface area contributed by atoms with Gasteiger partial charge < -0.3 is 9.11 Å². The molecule has 0 aliphatic rings. The van der Waals surface area contributed by atoms with Gasteiger partial charge in [0.15, 0.2) is 26.7 Å². The molecule has 2 atom stereocenters. The summed E-state index contributed by atoms with van der Waals surface area (Å²) in [4.78, 5) is 0. The molecule has 6 heteroatoms. The molecule has 2 N–H and O–H groups in total. The Morgan fingerprint density at radius 2 is 1.50 bits per heavy atom. The Morgan fingerprint density at radius 1 is 1.07 bits per heavy atom. The van der Waals surface area contributed by atoms with E-state index in [0.717, 1.165) is 5.56 Å². The zero-order valence-electron chi connectivity index (χ0n) is 7.41. The third kappa shape index (κ3) is 2.71. The Kier molecular flexibility index (Phi) is 3.94. The van der Waals surface area contributed by atoms with Crippen LogP contribution >= 0.6 is 0 Å². The summed E-state index contributed by atoms with van der Waals surface area (Å²) in [6.45, 7) is 1.87. The molecule has 0 fully saturated rings. The summed E-state index contributed by atoms with van der Waals surface area (Å²) in [5, 5.41) is 0. The highest BCUT2D eigenvalue weighted by Crippen LogP contribution is 2.21. The van der Waals surface area contributed by atoms with Crippen molar-refractivity contribution in [2.24, 2.45) is 0 Å². The van der Waals surface area contributed by atoms with Crippen LogP contribution in [0, 0.1) is 6.92 Å². The van der Waals surface area contributed by atoms with Crippen molar-refractivity contribution in [2.75, 3.05) is 0 Å². The van der Waals surface area contributed by atoms with Crippen LogP contribution in [-0.2, 0) is 22.2 Å². The largest absolute Gasteiger partial charge is 0.305 e. The molecule has 0 aliphatic carbocycles. The monoisotopic (exact) mass is 234 g/mol. The summed E-state index contributed by atoms with van der Waals surface area (Å²) in [7, 11) is 0. The molecule has 0 saturated heterocycles. The Balaban J connectivity index is 3.06. The van der Waals surface area contributed by atoms with Gasteiger partial charge in [0, 0.05) is 0 Å². The second-order valence-electron chi connectivity index (χ2n) is 2.79. The van der Waals surface area contributed by atoms with E-state index in [0.29, 0.717) is 5.56 Å². The molecule has 0 aromatic heterocycles. The van der Waals surface area contributed by atoms with E-state index in [4.69, 9.17) is 9.11 Å². The minimum Gasteiger partial charge on any atom is -0.305 e. The van der Waals surface area contributed by atoms with Crippen molar-refractivity contribution in [3.8, 4) is 0 Å². The zero-order chi connectivity index (χ0) is 10.7. The van der Waals surface area contributed by atoms with E-state index in [1.807, 2.05) is 6.92 Å². The van der Waals surface area contributed by atoms with Gasteiger partial charge in [-0.3, -0.25) is 0 Å². The van der Waals surface area contributed by atoms with Crippen LogP contribution < -0.4 is 0 Å². The van der Waals surface area contributed by atoms with Crippen LogP contribution in [0.4, 0.5) is 0 Å². The summed E-state index contributed by atoms with van der Waals surface area (Å²) in [5.74, 6) is 0. The van der Waals surface area contributed by atoms with Crippen molar-refractivity contribution in [1.82, 2.24) is 0 Å². The van der Waals surface area contributed by atoms with E-state index >= 15 is 0 Å². The van der Waals surface area contributed by atoms with Gasteiger partial charge in [-0.15, -0.1) is 0 Å². The molecule has 0 heterocycles. The second-order valence-corrected chi connectivity index (χ2v) is 5.14. The molecule has 0 spiro atoms. The van der Waals surface area contributed by atoms with E-state index in [2.05, 4.69) is 0 Å². The van der Waals surface area contributed by atoms with Crippen LogP contribution in [0.5, 0.6) is 0 Å². The molecular weight excluding hydrogens is 224 g/mol. The Morgan fingerprint density at radius 3 is 1.86 bits per heavy atom. The van der Waals surface area contributed by atoms with Gasteiger partial charge in [0.2, 0.25) is 0 Å². The Hall–Kier alpha value is -0.560. The maximum atomic E-state index is 10.8. The summed E-state index contributed by atoms with van der Waals surface area (Å²) in [6.07, 6.45) is 0. The van der Waals surface area contributed by atoms with Crippen LogP contribution in [-0.4, -0.2) is 17.5 Å². The molecule has 4 nitrogen and oxygen atoms in total. The van der Waals surface area contributed by atoms with E-state index in [1.54, 1.807) is 24.3 Å². The van der Waals surface area contributed by atoms with Crippen molar-refractivity contribution in [2.45, 2.75) is 11.5 Å². The maximum absolute atomic E-state index is 10.8. The van der Waals surface area contributed by atoms with Gasteiger partial charge in [0.05, 0.1) is 0 Å². The fourth-order valence-electron chi connectivity index (χ4n) is 1.03. The minimum absolute atomic E-state index is 0.386. The van der Waals surface area contributed by atoms with Gasteiger partial charge in [-0.05, 0) is 12.5 Å². The number of benzene rings is 1. The molecule has 2 unspecified atom stereocenters. The normalized spacial score (nSPS) is 17.4. The van der Waals surface area contributed by atoms with Gasteiger partial charge in [-0.2, -0.15) is 0 Å². The van der Waals surface area contributed by atoms with Crippen LogP contribution in [0.25, 0.3) is 0 Å². The fourth-order valence-corrected chi connectivity index (χ4v) is 2.37. The quantitative estimate of drug-likeness (QED) is 0.776. The lowest BCUT2D eigenvalue weighted by Crippen LogP contribution is -2.11. The lowest BCUT2D eigenvalue weighted by atomic mass is 10.2. The van der Waals surface area contributed by atoms with Crippen molar-refractivity contribution >= 4 is 22.2 Å². The molecule has 14 heavy (non-hydrogen) atoms. The summed E-state index contributed by atoms with van der Waals surface area (Å²) in [5.41, 5.74) is 1.37. The minimum atomic E-state index is -2.34. The van der Waals surface area contributed by atoms with Crippen molar-refractivity contribution in [1.29, 1.82) is 0 Å². The summed E-state index contributed by atoms with van der Waals surface area (Å²) < 4.78 is 38.0. The number of hydrogen-bond acceptors (Lipinski definition) is 2. The highest BCUT2D eigenvalue weighted by Gasteiger charge is 2.23. The van der Waals surface area contributed by atoms with Crippen molar-refractivity contribution in [3.05, 3.63) is 35.4 Å². The van der Waals surface area contributed by atoms with E-state index in [1.165, 1.54) is 0 Å². The second kappa shape index (κ2) is 4.79. The summed E-state index contributed by atoms with van der Waals surface area (Å²) >= 11 is -4.68. The molecule has 0 radical (unpaired) electrons. The van der Waals surface area contributed by atoms with E-state index in [9.17, 15) is 8.42 Å². The molecule has 0 bridgehead atoms. The van der Waals surface area contributed by atoms with E-state index < -0.39 is 26.7 Å². The molecule has 1 aromatic carbocycles. The van der Waals surface area contributed by atoms with Crippen LogP contribution in [0.15, 0.2) is 24.3 Å². The Bertz CT molecular complexity index is 346. The van der Waals surface area contributed by atoms with E-state index in [-0.39, 0.29) is 0 Å². The van der Waals surface area contributed by atoms with Crippen LogP contribution in [0.2, 0.25) is 0 Å². The van der Waals surface area contributed by atoms with Gasteiger partial charge in [0.25, 0.3) is 0 Å². The van der Waals surface area contributed by atoms with Gasteiger partial charge in [0.1, 0.15) is 0 Å². The fraction of sp³-hybridized carbons (Fsp3) is 0.250. The van der Waals surface area contributed by atoms with Crippen molar-refractivity contribution in [3.63, 3.8) is 0 Å². The highest BCUT2D eigenvalue weighted by molar-refractivity contribution is 7.97. The third-order valence-electron chi connectivity index (χ3n) is 1.72. The first-order chi connectivity index (χ1) is 6.52. The third-order valence-corrected chi connectivity index (χ3v) is 3.98. The molecule has 78 valence electrons.